The van der Waals surface area contributed by atoms with Crippen molar-refractivity contribution >= 4 is 5.91 Å². The van der Waals surface area contributed by atoms with Gasteiger partial charge in [0.05, 0.1) is 13.2 Å². The summed E-state index contributed by atoms with van der Waals surface area (Å²) in [5, 5.41) is 0. The maximum atomic E-state index is 13.1. The number of hydrogen-bond acceptors (Lipinski definition) is 4. The van der Waals surface area contributed by atoms with E-state index in [4.69, 9.17) is 9.47 Å². The lowest BCUT2D eigenvalue weighted by molar-refractivity contribution is -0.135. The average Bonchev–Trinajstić information content (AvgIpc) is 3.06. The molecule has 1 amide bonds. The lowest BCUT2D eigenvalue weighted by atomic mass is 9.99. The molecule has 5 heteroatoms. The summed E-state index contributed by atoms with van der Waals surface area (Å²) in [6.45, 7) is 2.27. The molecule has 2 aromatic rings. The van der Waals surface area contributed by atoms with E-state index in [9.17, 15) is 4.79 Å². The van der Waals surface area contributed by atoms with Crippen molar-refractivity contribution in [2.75, 3.05) is 33.9 Å². The number of benzene rings is 2. The fourth-order valence-corrected chi connectivity index (χ4v) is 4.20. The molecule has 2 aliphatic rings. The van der Waals surface area contributed by atoms with Gasteiger partial charge in [0.15, 0.2) is 11.5 Å². The Morgan fingerprint density at radius 1 is 1.04 bits per heavy atom. The number of hydrogen-bond donors (Lipinski definition) is 0. The van der Waals surface area contributed by atoms with Gasteiger partial charge in [-0.25, -0.2) is 0 Å². The van der Waals surface area contributed by atoms with Crippen molar-refractivity contribution in [1.29, 1.82) is 0 Å². The first-order valence-corrected chi connectivity index (χ1v) is 10.1. The van der Waals surface area contributed by atoms with Crippen LogP contribution in [0.2, 0.25) is 0 Å². The Hall–Kier alpha value is -2.53. The van der Waals surface area contributed by atoms with Crippen molar-refractivity contribution in [3.05, 3.63) is 59.7 Å². The van der Waals surface area contributed by atoms with E-state index in [0.29, 0.717) is 13.2 Å². The number of amides is 1. The Kier molecular flexibility index (Phi) is 5.53. The molecule has 1 fully saturated rings. The van der Waals surface area contributed by atoms with Gasteiger partial charge in [-0.15, -0.1) is 0 Å². The molecule has 2 aliphatic heterocycles. The Balaban J connectivity index is 1.68. The third kappa shape index (κ3) is 3.72. The molecule has 2 aromatic carbocycles. The molecule has 148 valence electrons. The van der Waals surface area contributed by atoms with Gasteiger partial charge >= 0.3 is 0 Å². The topological polar surface area (TPSA) is 42.0 Å². The smallest absolute Gasteiger partial charge is 0.244 e. The number of nitrogens with zero attached hydrogens (tertiary/aromatic N) is 2. The van der Waals surface area contributed by atoms with Crippen LogP contribution in [0.25, 0.3) is 0 Å². The van der Waals surface area contributed by atoms with E-state index in [-0.39, 0.29) is 18.0 Å². The molecule has 28 heavy (non-hydrogen) atoms. The van der Waals surface area contributed by atoms with Crippen molar-refractivity contribution in [3.63, 3.8) is 0 Å². The number of ether oxygens (including phenoxy) is 2. The fraction of sp³-hybridized carbons (Fsp3) is 0.435. The Bertz CT molecular complexity index is 822. The third-order valence-electron chi connectivity index (χ3n) is 5.57. The van der Waals surface area contributed by atoms with E-state index in [1.54, 1.807) is 4.90 Å². The second kappa shape index (κ2) is 8.23. The van der Waals surface area contributed by atoms with Crippen molar-refractivity contribution < 1.29 is 14.3 Å². The Morgan fingerprint density at radius 2 is 1.79 bits per heavy atom. The van der Waals surface area contributed by atoms with Gasteiger partial charge in [0.1, 0.15) is 6.04 Å². The monoisotopic (exact) mass is 380 g/mol. The molecule has 0 aliphatic carbocycles. The van der Waals surface area contributed by atoms with Gasteiger partial charge in [-0.3, -0.25) is 9.69 Å². The maximum absolute atomic E-state index is 13.1. The van der Waals surface area contributed by atoms with Gasteiger partial charge in [-0.2, -0.15) is 0 Å². The lowest BCUT2D eigenvalue weighted by Gasteiger charge is -2.34. The van der Waals surface area contributed by atoms with E-state index >= 15 is 0 Å². The summed E-state index contributed by atoms with van der Waals surface area (Å²) in [5.74, 6) is 1.75. The highest BCUT2D eigenvalue weighted by atomic mass is 16.5. The Labute approximate surface area is 166 Å². The van der Waals surface area contributed by atoms with E-state index in [0.717, 1.165) is 42.9 Å². The normalized spacial score (nSPS) is 20.4. The minimum atomic E-state index is -0.278. The van der Waals surface area contributed by atoms with E-state index in [1.165, 1.54) is 5.56 Å². The highest BCUT2D eigenvalue weighted by Crippen LogP contribution is 2.42. The number of carbonyl (C=O) groups is 1. The molecule has 5 nitrogen and oxygen atoms in total. The number of likely N-dealkylation sites (tertiary alicyclic amines) is 1. The van der Waals surface area contributed by atoms with Gasteiger partial charge in [0, 0.05) is 26.6 Å². The first-order chi connectivity index (χ1) is 13.6. The SMILES string of the molecule is CN(C)C(=O)[C@H](c1ccccc1)N1CCC[C@@H]1c1ccc2c(c1)OCCCO2. The second-order valence-corrected chi connectivity index (χ2v) is 7.70. The van der Waals surface area contributed by atoms with Gasteiger partial charge in [0.2, 0.25) is 5.91 Å². The number of rotatable bonds is 4. The molecule has 0 bridgehead atoms. The van der Waals surface area contributed by atoms with Crippen LogP contribution in [0.15, 0.2) is 48.5 Å². The lowest BCUT2D eigenvalue weighted by Crippen LogP contribution is -2.39. The van der Waals surface area contributed by atoms with Crippen LogP contribution in [-0.2, 0) is 4.79 Å². The quantitative estimate of drug-likeness (QED) is 0.809. The third-order valence-corrected chi connectivity index (χ3v) is 5.57. The molecule has 4 rings (SSSR count). The number of carbonyl (C=O) groups excluding carboxylic acids is 1. The zero-order chi connectivity index (χ0) is 19.5. The molecular weight excluding hydrogens is 352 g/mol. The first-order valence-electron chi connectivity index (χ1n) is 10.1. The van der Waals surface area contributed by atoms with Crippen molar-refractivity contribution in [3.8, 4) is 11.5 Å². The van der Waals surface area contributed by atoms with Crippen LogP contribution >= 0.6 is 0 Å². The Morgan fingerprint density at radius 3 is 2.54 bits per heavy atom. The largest absolute Gasteiger partial charge is 0.490 e. The van der Waals surface area contributed by atoms with E-state index < -0.39 is 0 Å². The molecular formula is C23H28N2O3. The molecule has 2 heterocycles. The number of fused-ring (bicyclic) bond motifs is 1. The predicted molar refractivity (Wildman–Crippen MR) is 109 cm³/mol. The minimum absolute atomic E-state index is 0.118. The molecule has 0 saturated carbocycles. The van der Waals surface area contributed by atoms with Crippen LogP contribution in [0.1, 0.15) is 42.5 Å². The van der Waals surface area contributed by atoms with Gasteiger partial charge in [-0.1, -0.05) is 36.4 Å². The van der Waals surface area contributed by atoms with Crippen LogP contribution in [-0.4, -0.2) is 49.6 Å². The molecule has 0 unspecified atom stereocenters. The number of likely N-dealkylation sites (N-methyl/N-ethyl adjacent to an activating group) is 1. The second-order valence-electron chi connectivity index (χ2n) is 7.70. The zero-order valence-corrected chi connectivity index (χ0v) is 16.6. The maximum Gasteiger partial charge on any atom is 0.244 e. The average molecular weight is 380 g/mol. The summed E-state index contributed by atoms with van der Waals surface area (Å²) in [7, 11) is 3.66. The van der Waals surface area contributed by atoms with Crippen LogP contribution in [0, 0.1) is 0 Å². The summed E-state index contributed by atoms with van der Waals surface area (Å²) in [5.41, 5.74) is 2.23. The van der Waals surface area contributed by atoms with Crippen LogP contribution in [0.5, 0.6) is 11.5 Å². The summed E-state index contributed by atoms with van der Waals surface area (Å²) in [6.07, 6.45) is 3.00. The van der Waals surface area contributed by atoms with Crippen molar-refractivity contribution in [2.24, 2.45) is 0 Å². The highest BCUT2D eigenvalue weighted by molar-refractivity contribution is 5.83. The summed E-state index contributed by atoms with van der Waals surface area (Å²) < 4.78 is 11.7. The molecule has 0 radical (unpaired) electrons. The van der Waals surface area contributed by atoms with Crippen molar-refractivity contribution in [2.45, 2.75) is 31.3 Å². The fourth-order valence-electron chi connectivity index (χ4n) is 4.20. The molecule has 0 spiro atoms. The highest BCUT2D eigenvalue weighted by Gasteiger charge is 2.37. The standard InChI is InChI=1S/C23H28N2O3/c1-24(2)23(26)22(17-8-4-3-5-9-17)25-13-6-10-19(25)18-11-12-20-21(16-18)28-15-7-14-27-20/h3-5,8-9,11-12,16,19,22H,6-7,10,13-15H2,1-2H3/t19-,22+/m1/s1. The molecule has 0 N–H and O–H groups in total. The van der Waals surface area contributed by atoms with Crippen LogP contribution in [0.3, 0.4) is 0 Å². The summed E-state index contributed by atoms with van der Waals surface area (Å²) >= 11 is 0. The first kappa shape index (κ1) is 18.8. The van der Waals surface area contributed by atoms with Gasteiger partial charge < -0.3 is 14.4 Å². The van der Waals surface area contributed by atoms with Gasteiger partial charge in [0.25, 0.3) is 0 Å². The van der Waals surface area contributed by atoms with E-state index in [2.05, 4.69) is 29.2 Å². The molecule has 0 aromatic heterocycles. The van der Waals surface area contributed by atoms with Crippen LogP contribution < -0.4 is 9.47 Å². The van der Waals surface area contributed by atoms with Crippen molar-refractivity contribution in [1.82, 2.24) is 9.80 Å². The van der Waals surface area contributed by atoms with Crippen LogP contribution in [0.4, 0.5) is 0 Å². The minimum Gasteiger partial charge on any atom is -0.490 e. The predicted octanol–water partition coefficient (Wildman–Crippen LogP) is 3.81. The van der Waals surface area contributed by atoms with Gasteiger partial charge in [-0.05, 0) is 42.6 Å². The summed E-state index contributed by atoms with van der Waals surface area (Å²) in [4.78, 5) is 17.2. The van der Waals surface area contributed by atoms with E-state index in [1.807, 2.05) is 38.4 Å². The summed E-state index contributed by atoms with van der Waals surface area (Å²) in [6, 6.07) is 16.2. The zero-order valence-electron chi connectivity index (χ0n) is 16.6. The molecule has 2 atom stereocenters. The molecule has 1 saturated heterocycles.